The highest BCUT2D eigenvalue weighted by Crippen LogP contribution is 2.25. The molecule has 0 spiro atoms. The summed E-state index contributed by atoms with van der Waals surface area (Å²) in [5.74, 6) is -1.72. The highest BCUT2D eigenvalue weighted by Gasteiger charge is 2.19. The minimum Gasteiger partial charge on any atom is -0.293 e. The molecule has 0 bridgehead atoms. The fourth-order valence-electron chi connectivity index (χ4n) is 1.90. The van der Waals surface area contributed by atoms with Crippen molar-refractivity contribution in [3.05, 3.63) is 64.5 Å². The number of carbonyl (C=O) groups is 2. The molecule has 0 aliphatic carbocycles. The summed E-state index contributed by atoms with van der Waals surface area (Å²) in [4.78, 5) is 38.0. The minimum absolute atomic E-state index is 0.0435. The topological polar surface area (TPSA) is 128 Å². The molecule has 10 heteroatoms. The van der Waals surface area contributed by atoms with Crippen LogP contribution in [0.1, 0.15) is 10.4 Å². The number of ketones is 1. The van der Waals surface area contributed by atoms with Crippen LogP contribution in [0.15, 0.2) is 48.8 Å². The molecule has 124 valence electrons. The van der Waals surface area contributed by atoms with Crippen molar-refractivity contribution in [3.8, 4) is 10.6 Å². The average Bonchev–Trinajstić information content (AvgIpc) is 3.10. The minimum atomic E-state index is -0.897. The number of nitrogens with zero attached hydrogens (tertiary/aromatic N) is 4. The van der Waals surface area contributed by atoms with Gasteiger partial charge in [0.05, 0.1) is 4.92 Å². The normalized spacial score (nSPS) is 10.2. The lowest BCUT2D eigenvalue weighted by atomic mass is 10.1. The maximum atomic E-state index is 12.1. The van der Waals surface area contributed by atoms with Crippen molar-refractivity contribution >= 4 is 33.8 Å². The molecule has 3 rings (SSSR count). The third kappa shape index (κ3) is 3.70. The molecule has 1 amide bonds. The highest BCUT2D eigenvalue weighted by molar-refractivity contribution is 7.18. The van der Waals surface area contributed by atoms with Crippen molar-refractivity contribution < 1.29 is 14.5 Å². The van der Waals surface area contributed by atoms with Crippen molar-refractivity contribution in [3.63, 3.8) is 0 Å². The van der Waals surface area contributed by atoms with Crippen LogP contribution in [0.2, 0.25) is 0 Å². The maximum Gasteiger partial charge on any atom is 0.298 e. The van der Waals surface area contributed by atoms with E-state index >= 15 is 0 Å². The molecule has 2 heterocycles. The van der Waals surface area contributed by atoms with Crippen LogP contribution in [0, 0.1) is 10.1 Å². The van der Waals surface area contributed by atoms with Crippen LogP contribution in [0.5, 0.6) is 0 Å². The number of non-ortho nitro benzene ring substituents is 1. The predicted octanol–water partition coefficient (Wildman–Crippen LogP) is 2.33. The van der Waals surface area contributed by atoms with Gasteiger partial charge in [0.15, 0.2) is 0 Å². The van der Waals surface area contributed by atoms with E-state index < -0.39 is 16.6 Å². The lowest BCUT2D eigenvalue weighted by Crippen LogP contribution is -2.22. The number of nitrogens with one attached hydrogen (secondary N) is 1. The molecule has 0 saturated carbocycles. The molecular formula is C15H9N5O4S. The number of nitro benzene ring substituents is 1. The number of benzene rings is 1. The number of anilines is 1. The highest BCUT2D eigenvalue weighted by atomic mass is 32.1. The van der Waals surface area contributed by atoms with Gasteiger partial charge in [-0.2, -0.15) is 0 Å². The van der Waals surface area contributed by atoms with Gasteiger partial charge >= 0.3 is 0 Å². The molecule has 1 N–H and O–H groups in total. The Hall–Kier alpha value is -3.53. The number of Topliss-reactive ketones (excluding diaryl/α,β-unsaturated/α-hetero) is 1. The van der Waals surface area contributed by atoms with Gasteiger partial charge in [0.25, 0.3) is 17.4 Å². The molecule has 0 unspecified atom stereocenters. The molecule has 9 nitrogen and oxygen atoms in total. The molecule has 2 aromatic heterocycles. The summed E-state index contributed by atoms with van der Waals surface area (Å²) in [6.45, 7) is 0. The first-order chi connectivity index (χ1) is 12.0. The third-order valence-corrected chi connectivity index (χ3v) is 4.01. The molecule has 3 aromatic rings. The Kier molecular flexibility index (Phi) is 4.53. The van der Waals surface area contributed by atoms with Crippen molar-refractivity contribution in [2.24, 2.45) is 0 Å². The number of aromatic nitrogens is 3. The van der Waals surface area contributed by atoms with Gasteiger partial charge in [0.2, 0.25) is 5.13 Å². The van der Waals surface area contributed by atoms with Gasteiger partial charge < -0.3 is 0 Å². The summed E-state index contributed by atoms with van der Waals surface area (Å²) in [7, 11) is 0. The molecule has 0 aliphatic rings. The zero-order chi connectivity index (χ0) is 17.8. The number of nitro groups is 1. The zero-order valence-electron chi connectivity index (χ0n) is 12.4. The van der Waals surface area contributed by atoms with Gasteiger partial charge in [-0.05, 0) is 24.3 Å². The number of carbonyl (C=O) groups excluding carboxylic acids is 2. The zero-order valence-corrected chi connectivity index (χ0v) is 13.3. The molecule has 0 aliphatic heterocycles. The SMILES string of the molecule is O=C(Nc1nnc(-c2ccncc2)s1)C(=O)c1ccc([N+](=O)[O-])cc1. The molecular weight excluding hydrogens is 346 g/mol. The standard InChI is InChI=1S/C15H9N5O4S/c21-12(9-1-3-11(4-2-9)20(23)24)13(22)17-15-19-18-14(25-15)10-5-7-16-8-6-10/h1-8H,(H,17,19,22). The Morgan fingerprint density at radius 3 is 2.36 bits per heavy atom. The summed E-state index contributed by atoms with van der Waals surface area (Å²) in [6.07, 6.45) is 3.21. The van der Waals surface area contributed by atoms with E-state index in [-0.39, 0.29) is 16.4 Å². The predicted molar refractivity (Wildman–Crippen MR) is 89.2 cm³/mol. The van der Waals surface area contributed by atoms with Gasteiger partial charge in [0, 0.05) is 35.7 Å². The summed E-state index contributed by atoms with van der Waals surface area (Å²) in [5.41, 5.74) is 0.666. The van der Waals surface area contributed by atoms with Gasteiger partial charge in [0.1, 0.15) is 5.01 Å². The molecule has 0 atom stereocenters. The Bertz CT molecular complexity index is 940. The molecule has 1 aromatic carbocycles. The fraction of sp³-hybridized carbons (Fsp3) is 0. The van der Waals surface area contributed by atoms with Crippen LogP contribution >= 0.6 is 11.3 Å². The Labute approximate surface area is 144 Å². The summed E-state index contributed by atoms with van der Waals surface area (Å²) in [5, 5.41) is 21.5. The van der Waals surface area contributed by atoms with Crippen LogP contribution in [-0.2, 0) is 4.79 Å². The monoisotopic (exact) mass is 355 g/mol. The van der Waals surface area contributed by atoms with E-state index in [0.717, 1.165) is 29.0 Å². The van der Waals surface area contributed by atoms with E-state index in [4.69, 9.17) is 0 Å². The number of hydrogen-bond donors (Lipinski definition) is 1. The Morgan fingerprint density at radius 1 is 1.04 bits per heavy atom. The average molecular weight is 355 g/mol. The van der Waals surface area contributed by atoms with Gasteiger partial charge in [-0.3, -0.25) is 30.0 Å². The smallest absolute Gasteiger partial charge is 0.293 e. The lowest BCUT2D eigenvalue weighted by Gasteiger charge is -2.00. The van der Waals surface area contributed by atoms with Crippen LogP contribution < -0.4 is 5.32 Å². The molecule has 25 heavy (non-hydrogen) atoms. The number of hydrogen-bond acceptors (Lipinski definition) is 8. The van der Waals surface area contributed by atoms with Gasteiger partial charge in [-0.15, -0.1) is 10.2 Å². The fourth-order valence-corrected chi connectivity index (χ4v) is 2.65. The second kappa shape index (κ2) is 6.93. The number of pyridine rings is 1. The largest absolute Gasteiger partial charge is 0.298 e. The second-order valence-corrected chi connectivity index (χ2v) is 5.71. The molecule has 0 radical (unpaired) electrons. The Morgan fingerprint density at radius 2 is 1.72 bits per heavy atom. The van der Waals surface area contributed by atoms with Crippen molar-refractivity contribution in [1.29, 1.82) is 0 Å². The van der Waals surface area contributed by atoms with E-state index in [1.165, 1.54) is 12.1 Å². The van der Waals surface area contributed by atoms with Crippen LogP contribution in [-0.4, -0.2) is 31.8 Å². The molecule has 0 saturated heterocycles. The van der Waals surface area contributed by atoms with Crippen molar-refractivity contribution in [2.75, 3.05) is 5.32 Å². The van der Waals surface area contributed by atoms with E-state index in [1.54, 1.807) is 24.5 Å². The Balaban J connectivity index is 1.70. The van der Waals surface area contributed by atoms with Gasteiger partial charge in [-0.25, -0.2) is 0 Å². The van der Waals surface area contributed by atoms with Crippen LogP contribution in [0.4, 0.5) is 10.8 Å². The third-order valence-electron chi connectivity index (χ3n) is 3.12. The van der Waals surface area contributed by atoms with Crippen molar-refractivity contribution in [1.82, 2.24) is 15.2 Å². The summed E-state index contributed by atoms with van der Waals surface area (Å²) >= 11 is 1.11. The van der Waals surface area contributed by atoms with Crippen LogP contribution in [0.3, 0.4) is 0 Å². The summed E-state index contributed by atoms with van der Waals surface area (Å²) in [6, 6.07) is 8.26. The first kappa shape index (κ1) is 16.3. The quantitative estimate of drug-likeness (QED) is 0.322. The lowest BCUT2D eigenvalue weighted by molar-refractivity contribution is -0.384. The van der Waals surface area contributed by atoms with E-state index in [9.17, 15) is 19.7 Å². The molecule has 0 fully saturated rings. The van der Waals surface area contributed by atoms with Crippen LogP contribution in [0.25, 0.3) is 10.6 Å². The van der Waals surface area contributed by atoms with Gasteiger partial charge in [-0.1, -0.05) is 11.3 Å². The second-order valence-electron chi connectivity index (χ2n) is 4.74. The number of amides is 1. The van der Waals surface area contributed by atoms with E-state index in [0.29, 0.717) is 5.01 Å². The van der Waals surface area contributed by atoms with E-state index in [1.807, 2.05) is 0 Å². The summed E-state index contributed by atoms with van der Waals surface area (Å²) < 4.78 is 0. The van der Waals surface area contributed by atoms with Crippen molar-refractivity contribution in [2.45, 2.75) is 0 Å². The maximum absolute atomic E-state index is 12.1. The first-order valence-electron chi connectivity index (χ1n) is 6.88. The first-order valence-corrected chi connectivity index (χ1v) is 7.70. The number of rotatable bonds is 5. The van der Waals surface area contributed by atoms with E-state index in [2.05, 4.69) is 20.5 Å².